The van der Waals surface area contributed by atoms with Crippen molar-refractivity contribution in [2.75, 3.05) is 5.32 Å². The van der Waals surface area contributed by atoms with Crippen LogP contribution in [0.4, 0.5) is 5.69 Å². The number of aryl methyl sites for hydroxylation is 2. The zero-order valence-electron chi connectivity index (χ0n) is 11.4. The lowest BCUT2D eigenvalue weighted by Gasteiger charge is -2.09. The first-order valence-electron chi connectivity index (χ1n) is 6.44. The van der Waals surface area contributed by atoms with Crippen molar-refractivity contribution < 1.29 is 4.79 Å². The summed E-state index contributed by atoms with van der Waals surface area (Å²) >= 11 is 6.86. The van der Waals surface area contributed by atoms with Crippen LogP contribution in [0.2, 0.25) is 0 Å². The minimum Gasteiger partial charge on any atom is -0.342 e. The number of carbonyl (C=O) groups excluding carboxylic acids is 1. The summed E-state index contributed by atoms with van der Waals surface area (Å²) in [5, 5.41) is 2.94. The lowest BCUT2D eigenvalue weighted by atomic mass is 10.2. The van der Waals surface area contributed by atoms with Crippen molar-refractivity contribution in [2.45, 2.75) is 26.8 Å². The molecule has 20 heavy (non-hydrogen) atoms. The maximum atomic E-state index is 12.4. The summed E-state index contributed by atoms with van der Waals surface area (Å²) < 4.78 is 3.84. The number of aromatic nitrogens is 1. The van der Waals surface area contributed by atoms with E-state index in [9.17, 15) is 4.79 Å². The topological polar surface area (TPSA) is 34.0 Å². The predicted molar refractivity (Wildman–Crippen MR) is 89.3 cm³/mol. The Labute approximate surface area is 135 Å². The molecule has 0 saturated heterocycles. The van der Waals surface area contributed by atoms with E-state index in [0.717, 1.165) is 33.2 Å². The number of nitrogens with zero attached hydrogens (tertiary/aromatic N) is 1. The third kappa shape index (κ3) is 3.73. The molecule has 0 spiro atoms. The summed E-state index contributed by atoms with van der Waals surface area (Å²) in [6, 6.07) is 7.69. The molecule has 1 aromatic carbocycles. The van der Waals surface area contributed by atoms with Crippen molar-refractivity contribution in [1.29, 1.82) is 0 Å². The van der Waals surface area contributed by atoms with Gasteiger partial charge in [0.05, 0.1) is 0 Å². The van der Waals surface area contributed by atoms with Gasteiger partial charge >= 0.3 is 0 Å². The summed E-state index contributed by atoms with van der Waals surface area (Å²) in [5.74, 6) is -0.0957. The zero-order valence-corrected chi connectivity index (χ0v) is 14.6. The van der Waals surface area contributed by atoms with Gasteiger partial charge in [-0.25, -0.2) is 0 Å². The van der Waals surface area contributed by atoms with E-state index < -0.39 is 0 Å². The van der Waals surface area contributed by atoms with E-state index in [1.54, 1.807) is 0 Å². The number of nitrogens with one attached hydrogen (secondary N) is 1. The van der Waals surface area contributed by atoms with Crippen LogP contribution in [0.25, 0.3) is 0 Å². The molecule has 2 rings (SSSR count). The second-order valence-corrected chi connectivity index (χ2v) is 6.54. The average Bonchev–Trinajstić information content (AvgIpc) is 2.69. The number of benzene rings is 1. The van der Waals surface area contributed by atoms with Crippen LogP contribution in [-0.2, 0) is 6.54 Å². The fourth-order valence-electron chi connectivity index (χ4n) is 2.09. The van der Waals surface area contributed by atoms with E-state index in [0.29, 0.717) is 5.69 Å². The number of carbonyl (C=O) groups is 1. The molecular weight excluding hydrogens is 384 g/mol. The molecule has 0 aliphatic carbocycles. The molecule has 0 fully saturated rings. The second kappa shape index (κ2) is 6.59. The molecule has 1 aromatic heterocycles. The van der Waals surface area contributed by atoms with Crippen LogP contribution < -0.4 is 5.32 Å². The Bertz CT molecular complexity index is 615. The van der Waals surface area contributed by atoms with Gasteiger partial charge in [-0.3, -0.25) is 4.79 Å². The molecule has 0 aliphatic rings. The van der Waals surface area contributed by atoms with Gasteiger partial charge in [0.25, 0.3) is 5.91 Å². The van der Waals surface area contributed by atoms with Crippen molar-refractivity contribution in [2.24, 2.45) is 0 Å². The highest BCUT2D eigenvalue weighted by Gasteiger charge is 2.13. The SMILES string of the molecule is CCCn1cc(Br)cc1C(=O)Nc1cc(C)cc(Br)c1. The molecule has 0 atom stereocenters. The van der Waals surface area contributed by atoms with E-state index in [2.05, 4.69) is 44.1 Å². The lowest BCUT2D eigenvalue weighted by molar-refractivity contribution is 0.101. The average molecular weight is 400 g/mol. The molecule has 2 aromatic rings. The Morgan fingerprint density at radius 1 is 1.20 bits per heavy atom. The molecule has 1 N–H and O–H groups in total. The number of anilines is 1. The summed E-state index contributed by atoms with van der Waals surface area (Å²) in [7, 11) is 0. The largest absolute Gasteiger partial charge is 0.342 e. The molecule has 5 heteroatoms. The Hall–Kier alpha value is -1.07. The first-order chi connectivity index (χ1) is 9.49. The third-order valence-corrected chi connectivity index (χ3v) is 3.75. The maximum absolute atomic E-state index is 12.4. The summed E-state index contributed by atoms with van der Waals surface area (Å²) in [5.41, 5.74) is 2.55. The molecule has 0 radical (unpaired) electrons. The molecule has 106 valence electrons. The highest BCUT2D eigenvalue weighted by molar-refractivity contribution is 9.10. The van der Waals surface area contributed by atoms with Gasteiger partial charge in [0.1, 0.15) is 5.69 Å². The molecule has 1 heterocycles. The van der Waals surface area contributed by atoms with Crippen LogP contribution in [0, 0.1) is 6.92 Å². The van der Waals surface area contributed by atoms with E-state index in [4.69, 9.17) is 0 Å². The zero-order chi connectivity index (χ0) is 14.7. The van der Waals surface area contributed by atoms with Gasteiger partial charge in [-0.15, -0.1) is 0 Å². The Balaban J connectivity index is 2.23. The van der Waals surface area contributed by atoms with E-state index >= 15 is 0 Å². The first-order valence-corrected chi connectivity index (χ1v) is 8.02. The van der Waals surface area contributed by atoms with Gasteiger partial charge < -0.3 is 9.88 Å². The highest BCUT2D eigenvalue weighted by atomic mass is 79.9. The lowest BCUT2D eigenvalue weighted by Crippen LogP contribution is -2.16. The summed E-state index contributed by atoms with van der Waals surface area (Å²) in [6.45, 7) is 4.91. The smallest absolute Gasteiger partial charge is 0.272 e. The Kier molecular flexibility index (Phi) is 5.05. The minimum atomic E-state index is -0.0957. The highest BCUT2D eigenvalue weighted by Crippen LogP contribution is 2.21. The van der Waals surface area contributed by atoms with E-state index in [1.807, 2.05) is 42.0 Å². The van der Waals surface area contributed by atoms with Crippen molar-refractivity contribution >= 4 is 43.5 Å². The van der Waals surface area contributed by atoms with Crippen LogP contribution in [0.3, 0.4) is 0 Å². The fourth-order valence-corrected chi connectivity index (χ4v) is 3.17. The fraction of sp³-hybridized carbons (Fsp3) is 0.267. The molecule has 0 aliphatic heterocycles. The molecule has 3 nitrogen and oxygen atoms in total. The molecular formula is C15H16Br2N2O. The Morgan fingerprint density at radius 2 is 1.95 bits per heavy atom. The van der Waals surface area contributed by atoms with Crippen LogP contribution in [-0.4, -0.2) is 10.5 Å². The Morgan fingerprint density at radius 3 is 2.60 bits per heavy atom. The summed E-state index contributed by atoms with van der Waals surface area (Å²) in [6.07, 6.45) is 2.92. The van der Waals surface area contributed by atoms with Gasteiger partial charge in [-0.05, 0) is 59.1 Å². The van der Waals surface area contributed by atoms with E-state index in [1.165, 1.54) is 0 Å². The quantitative estimate of drug-likeness (QED) is 0.772. The van der Waals surface area contributed by atoms with Crippen molar-refractivity contribution in [3.8, 4) is 0 Å². The molecule has 0 saturated carbocycles. The van der Waals surface area contributed by atoms with E-state index in [-0.39, 0.29) is 5.91 Å². The van der Waals surface area contributed by atoms with Gasteiger partial charge in [-0.1, -0.05) is 22.9 Å². The van der Waals surface area contributed by atoms with Crippen molar-refractivity contribution in [3.63, 3.8) is 0 Å². The van der Waals surface area contributed by atoms with Crippen molar-refractivity contribution in [1.82, 2.24) is 4.57 Å². The molecule has 0 bridgehead atoms. The normalized spacial score (nSPS) is 10.6. The van der Waals surface area contributed by atoms with Gasteiger partial charge in [-0.2, -0.15) is 0 Å². The van der Waals surface area contributed by atoms with Gasteiger partial charge in [0.15, 0.2) is 0 Å². The number of amides is 1. The van der Waals surface area contributed by atoms with Crippen molar-refractivity contribution in [3.05, 3.63) is 50.7 Å². The second-order valence-electron chi connectivity index (χ2n) is 4.71. The van der Waals surface area contributed by atoms with Crippen LogP contribution in [0.15, 0.2) is 39.4 Å². The minimum absolute atomic E-state index is 0.0957. The van der Waals surface area contributed by atoms with Crippen LogP contribution in [0.5, 0.6) is 0 Å². The number of rotatable bonds is 4. The monoisotopic (exact) mass is 398 g/mol. The first kappa shape index (κ1) is 15.3. The maximum Gasteiger partial charge on any atom is 0.272 e. The van der Waals surface area contributed by atoms with Gasteiger partial charge in [0.2, 0.25) is 0 Å². The number of halogens is 2. The van der Waals surface area contributed by atoms with Crippen LogP contribution >= 0.6 is 31.9 Å². The third-order valence-electron chi connectivity index (χ3n) is 2.86. The number of hydrogen-bond acceptors (Lipinski definition) is 1. The predicted octanol–water partition coefficient (Wildman–Crippen LogP) is 4.98. The number of hydrogen-bond donors (Lipinski definition) is 1. The standard InChI is InChI=1S/C15H16Br2N2O/c1-3-4-19-9-12(17)8-14(19)15(20)18-13-6-10(2)5-11(16)7-13/h5-9H,3-4H2,1-2H3,(H,18,20). The van der Waals surface area contributed by atoms with Crippen LogP contribution in [0.1, 0.15) is 29.4 Å². The molecule has 1 amide bonds. The summed E-state index contributed by atoms with van der Waals surface area (Å²) in [4.78, 5) is 12.4. The molecule has 0 unspecified atom stereocenters. The van der Waals surface area contributed by atoms with Gasteiger partial charge in [0, 0.05) is 27.4 Å².